The van der Waals surface area contributed by atoms with Crippen molar-refractivity contribution in [1.29, 1.82) is 0 Å². The molecule has 2 rings (SSSR count). The first-order valence-corrected chi connectivity index (χ1v) is 28.0. The van der Waals surface area contributed by atoms with Crippen molar-refractivity contribution in [2.24, 2.45) is 0 Å². The molecule has 73 heavy (non-hydrogen) atoms. The van der Waals surface area contributed by atoms with Crippen molar-refractivity contribution in [2.45, 2.75) is 160 Å². The van der Waals surface area contributed by atoms with E-state index >= 15 is 0 Å². The average molecular weight is 1060 g/mol. The molecule has 0 saturated carbocycles. The topological polar surface area (TPSA) is 286 Å². The number of phosphoric ester groups is 2. The van der Waals surface area contributed by atoms with Crippen molar-refractivity contribution >= 4 is 33.4 Å². The number of allylic oxidation sites excluding steroid dienone is 16. The fourth-order valence-electron chi connectivity index (χ4n) is 6.55. The third-order valence-electron chi connectivity index (χ3n) is 10.4. The number of ether oxygens (including phenoxy) is 3. The standard InChI is InChI=1S/C52H79N3O16P2/c1-3-5-7-8-9-10-11-12-13-16-20-23-26-29-33-37-48(58)69-44(40-66-47(57)36-32-28-25-22-19-17-14-15-18-21-24-27-31-35-43(56)34-30-6-4-2)41-67-72(62,63)71-73(64,65)68-42-45-49(59)50(60)51(70-45)55-39-38-46(53)54-52(55)61/h6,9-10,12-13,15,17-20,23-25,27-28,30-31,35,38-39,43-45,49-51,56,59-60H,3-5,7-8,11,14,16,21-22,26,29,32-34,36-37,40-42H2,1-2H3,(H,62,63)(H,64,65)(H2,53,54,61)/b10-9-,13-12-,18-15-,19-17-,23-20-,27-24+,28-25-,30-6-,35-31+/t43?,44-,45-,49-,50-,51-/m1/s1. The van der Waals surface area contributed by atoms with Crippen LogP contribution in [-0.2, 0) is 46.3 Å². The molecule has 0 radical (unpaired) electrons. The Bertz CT molecular complexity index is 2170. The fraction of sp³-hybridized carbons (Fsp3) is 0.538. The molecule has 1 aromatic rings. The van der Waals surface area contributed by atoms with Crippen molar-refractivity contribution in [3.05, 3.63) is 132 Å². The molecule has 1 saturated heterocycles. The van der Waals surface area contributed by atoms with Crippen LogP contribution in [0.25, 0.3) is 0 Å². The zero-order valence-corrected chi connectivity index (χ0v) is 44.0. The summed E-state index contributed by atoms with van der Waals surface area (Å²) in [6.45, 7) is 1.78. The molecule has 0 amide bonds. The van der Waals surface area contributed by atoms with Gasteiger partial charge >= 0.3 is 33.3 Å². The first-order chi connectivity index (χ1) is 35.1. The van der Waals surface area contributed by atoms with Gasteiger partial charge in [-0.25, -0.2) is 13.9 Å². The number of esters is 2. The monoisotopic (exact) mass is 1060 g/mol. The second kappa shape index (κ2) is 38.9. The lowest BCUT2D eigenvalue weighted by atomic mass is 10.1. The molecular weight excluding hydrogens is 985 g/mol. The number of nitrogens with two attached hydrogens (primary N) is 1. The Kier molecular flexibility index (Phi) is 34.4. The van der Waals surface area contributed by atoms with Crippen LogP contribution < -0.4 is 11.4 Å². The molecule has 0 bridgehead atoms. The largest absolute Gasteiger partial charge is 0.481 e. The minimum atomic E-state index is -5.46. The Morgan fingerprint density at radius 2 is 1.33 bits per heavy atom. The number of unbranched alkanes of at least 4 members (excludes halogenated alkanes) is 5. The number of carbonyl (C=O) groups excluding carboxylic acids is 2. The molecule has 0 aromatic carbocycles. The van der Waals surface area contributed by atoms with Crippen molar-refractivity contribution in [1.82, 2.24) is 9.55 Å². The van der Waals surface area contributed by atoms with Crippen molar-refractivity contribution in [3.63, 3.8) is 0 Å². The Hall–Kier alpha value is -4.62. The second-order valence-electron chi connectivity index (χ2n) is 16.8. The summed E-state index contributed by atoms with van der Waals surface area (Å²) in [6.07, 6.45) is 40.9. The van der Waals surface area contributed by atoms with Gasteiger partial charge in [0.1, 0.15) is 30.7 Å². The first-order valence-electron chi connectivity index (χ1n) is 25.0. The van der Waals surface area contributed by atoms with Crippen LogP contribution in [0.1, 0.15) is 129 Å². The summed E-state index contributed by atoms with van der Waals surface area (Å²) in [7, 11) is -10.9. The number of anilines is 1. The number of aromatic nitrogens is 2. The lowest BCUT2D eigenvalue weighted by Gasteiger charge is -2.21. The van der Waals surface area contributed by atoms with Gasteiger partial charge in [0, 0.05) is 19.0 Å². The van der Waals surface area contributed by atoms with E-state index in [1.165, 1.54) is 25.3 Å². The van der Waals surface area contributed by atoms with E-state index in [4.69, 9.17) is 29.0 Å². The van der Waals surface area contributed by atoms with Crippen LogP contribution in [-0.4, -0.2) is 96.9 Å². The van der Waals surface area contributed by atoms with E-state index in [0.717, 1.165) is 49.3 Å². The number of rotatable bonds is 39. The van der Waals surface area contributed by atoms with Crippen LogP contribution in [0.4, 0.5) is 5.82 Å². The number of carbonyl (C=O) groups is 2. The van der Waals surface area contributed by atoms with Crippen LogP contribution in [0.3, 0.4) is 0 Å². The van der Waals surface area contributed by atoms with Gasteiger partial charge in [-0.05, 0) is 89.5 Å². The van der Waals surface area contributed by atoms with E-state index in [1.54, 1.807) is 6.08 Å². The maximum absolute atomic E-state index is 12.8. The van der Waals surface area contributed by atoms with Crippen molar-refractivity contribution < 1.29 is 71.4 Å². The highest BCUT2D eigenvalue weighted by atomic mass is 31.3. The van der Waals surface area contributed by atoms with Crippen LogP contribution >= 0.6 is 15.6 Å². The molecule has 1 aliphatic rings. The third kappa shape index (κ3) is 31.7. The first kappa shape index (κ1) is 64.5. The molecular formula is C52H79N3O16P2. The minimum absolute atomic E-state index is 0.0288. The third-order valence-corrected chi connectivity index (χ3v) is 13.0. The molecule has 0 spiro atoms. The molecule has 19 nitrogen and oxygen atoms in total. The Balaban J connectivity index is 1.86. The summed E-state index contributed by atoms with van der Waals surface area (Å²) in [5, 5.41) is 30.8. The Morgan fingerprint density at radius 3 is 1.95 bits per heavy atom. The molecule has 0 aliphatic carbocycles. The smallest absolute Gasteiger partial charge is 0.462 e. The number of nitrogens with zero attached hydrogens (tertiary/aromatic N) is 2. The summed E-state index contributed by atoms with van der Waals surface area (Å²) in [6, 6.07) is 1.24. The van der Waals surface area contributed by atoms with Crippen LogP contribution in [0, 0.1) is 0 Å². The van der Waals surface area contributed by atoms with E-state index < -0.39 is 89.8 Å². The number of aliphatic hydroxyl groups is 3. The van der Waals surface area contributed by atoms with E-state index in [1.807, 2.05) is 85.9 Å². The van der Waals surface area contributed by atoms with E-state index in [-0.39, 0.29) is 18.7 Å². The summed E-state index contributed by atoms with van der Waals surface area (Å²) < 4.78 is 56.6. The molecule has 7 N–H and O–H groups in total. The highest BCUT2D eigenvalue weighted by Gasteiger charge is 2.46. The second-order valence-corrected chi connectivity index (χ2v) is 19.8. The summed E-state index contributed by atoms with van der Waals surface area (Å²) >= 11 is 0. The molecule has 3 unspecified atom stereocenters. The summed E-state index contributed by atoms with van der Waals surface area (Å²) in [5.74, 6) is -1.48. The number of hydrogen-bond acceptors (Lipinski definition) is 16. The van der Waals surface area contributed by atoms with Gasteiger partial charge in [-0.1, -0.05) is 136 Å². The number of phosphoric acid groups is 2. The molecule has 21 heteroatoms. The van der Waals surface area contributed by atoms with Gasteiger partial charge in [-0.2, -0.15) is 9.29 Å². The summed E-state index contributed by atoms with van der Waals surface area (Å²) in [5.41, 5.74) is 4.57. The zero-order valence-electron chi connectivity index (χ0n) is 42.2. The molecule has 1 fully saturated rings. The van der Waals surface area contributed by atoms with Crippen LogP contribution in [0.2, 0.25) is 0 Å². The maximum atomic E-state index is 12.8. The quantitative estimate of drug-likeness (QED) is 0.0118. The number of nitrogen functional groups attached to an aromatic ring is 1. The normalized spacial score (nSPS) is 20.3. The van der Waals surface area contributed by atoms with E-state index in [9.17, 15) is 48.6 Å². The van der Waals surface area contributed by atoms with Crippen LogP contribution in [0.5, 0.6) is 0 Å². The van der Waals surface area contributed by atoms with Gasteiger partial charge in [-0.15, -0.1) is 0 Å². The molecule has 8 atom stereocenters. The average Bonchev–Trinajstić information content (AvgIpc) is 3.62. The lowest BCUT2D eigenvalue weighted by Crippen LogP contribution is -2.36. The Morgan fingerprint density at radius 1 is 0.740 bits per heavy atom. The predicted octanol–water partition coefficient (Wildman–Crippen LogP) is 9.19. The van der Waals surface area contributed by atoms with E-state index in [2.05, 4.69) is 40.5 Å². The molecule has 2 heterocycles. The molecule has 408 valence electrons. The zero-order chi connectivity index (χ0) is 53.6. The van der Waals surface area contributed by atoms with Gasteiger partial charge in [-0.3, -0.25) is 23.2 Å². The van der Waals surface area contributed by atoms with Gasteiger partial charge in [0.15, 0.2) is 12.3 Å². The Labute approximate surface area is 430 Å². The molecule has 1 aromatic heterocycles. The predicted molar refractivity (Wildman–Crippen MR) is 280 cm³/mol. The van der Waals surface area contributed by atoms with Gasteiger partial charge in [0.25, 0.3) is 0 Å². The molecule has 1 aliphatic heterocycles. The van der Waals surface area contributed by atoms with Crippen molar-refractivity contribution in [3.8, 4) is 0 Å². The highest BCUT2D eigenvalue weighted by molar-refractivity contribution is 7.61. The summed E-state index contributed by atoms with van der Waals surface area (Å²) in [4.78, 5) is 61.8. The lowest BCUT2D eigenvalue weighted by molar-refractivity contribution is -0.161. The fourth-order valence-corrected chi connectivity index (χ4v) is 8.66. The number of hydrogen-bond donors (Lipinski definition) is 6. The maximum Gasteiger partial charge on any atom is 0.481 e. The van der Waals surface area contributed by atoms with Gasteiger partial charge in [0.05, 0.1) is 19.3 Å². The van der Waals surface area contributed by atoms with Gasteiger partial charge < -0.3 is 45.1 Å². The van der Waals surface area contributed by atoms with Crippen LogP contribution in [0.15, 0.2) is 126 Å². The number of aliphatic hydroxyl groups excluding tert-OH is 3. The SMILES string of the molecule is CC/C=C\CC(O)/C=C/C=C/C/C=C\C/C=C\C/C=C\CCC(=O)OC[C@H](COP(=O)(O)OP(=O)(O)OC[C@H]1O[C@@H](n2ccc(N)nc2=O)[C@H](O)[C@@H]1O)OC(=O)CCCC/C=C\C/C=C\C/C=C\CCCCC. The van der Waals surface area contributed by atoms with E-state index in [0.29, 0.717) is 38.5 Å². The minimum Gasteiger partial charge on any atom is -0.462 e. The highest BCUT2D eigenvalue weighted by Crippen LogP contribution is 2.60. The van der Waals surface area contributed by atoms with Crippen molar-refractivity contribution in [2.75, 3.05) is 25.6 Å². The van der Waals surface area contributed by atoms with Gasteiger partial charge in [0.2, 0.25) is 0 Å².